The Morgan fingerprint density at radius 3 is 2.46 bits per heavy atom. The van der Waals surface area contributed by atoms with E-state index < -0.39 is 0 Å². The molecule has 3 aliphatic rings. The van der Waals surface area contributed by atoms with Gasteiger partial charge in [-0.15, -0.1) is 0 Å². The van der Waals surface area contributed by atoms with Gasteiger partial charge in [-0.2, -0.15) is 0 Å². The van der Waals surface area contributed by atoms with Gasteiger partial charge in [-0.25, -0.2) is 4.98 Å². The third kappa shape index (κ3) is 4.98. The predicted molar refractivity (Wildman–Crippen MR) is 135 cm³/mol. The standard InChI is InChI=1S/C27H35N5O3/c1-17-23(6-3-7-24(17)35-2)27(34)31-20-13-21-9-10-22(14-20)32(21)25-11-8-18(15-29-25)26(33)30-19-5-4-12-28-16-19/h3,6-8,11,15,19-22,28H,4-5,9-10,12-14,16H2,1-2H3,(H,30,33)(H,31,34)/t19?,20-,21+,22-. The van der Waals surface area contributed by atoms with Crippen LogP contribution in [0.3, 0.4) is 0 Å². The third-order valence-electron chi connectivity index (χ3n) is 7.72. The van der Waals surface area contributed by atoms with E-state index in [4.69, 9.17) is 4.74 Å². The van der Waals surface area contributed by atoms with Crippen LogP contribution >= 0.6 is 0 Å². The van der Waals surface area contributed by atoms with Crippen LogP contribution in [0.1, 0.15) is 64.8 Å². The second-order valence-corrected chi connectivity index (χ2v) is 9.99. The molecule has 186 valence electrons. The molecule has 4 atom stereocenters. The van der Waals surface area contributed by atoms with Crippen LogP contribution < -0.4 is 25.6 Å². The molecule has 0 radical (unpaired) electrons. The van der Waals surface area contributed by atoms with Crippen molar-refractivity contribution in [3.05, 3.63) is 53.2 Å². The average molecular weight is 478 g/mol. The maximum atomic E-state index is 13.0. The quantitative estimate of drug-likeness (QED) is 0.592. The zero-order valence-corrected chi connectivity index (χ0v) is 20.5. The van der Waals surface area contributed by atoms with Crippen LogP contribution in [-0.2, 0) is 0 Å². The Labute approximate surface area is 206 Å². The molecule has 1 unspecified atom stereocenters. The van der Waals surface area contributed by atoms with Crippen LogP contribution in [0.15, 0.2) is 36.5 Å². The topological polar surface area (TPSA) is 95.6 Å². The van der Waals surface area contributed by atoms with Crippen molar-refractivity contribution in [3.8, 4) is 5.75 Å². The largest absolute Gasteiger partial charge is 0.496 e. The summed E-state index contributed by atoms with van der Waals surface area (Å²) in [7, 11) is 1.62. The predicted octanol–water partition coefficient (Wildman–Crippen LogP) is 2.81. The molecule has 3 aliphatic heterocycles. The fourth-order valence-electron chi connectivity index (χ4n) is 5.93. The number of carbonyl (C=O) groups excluding carboxylic acids is 2. The Bertz CT molecular complexity index is 1050. The van der Waals surface area contributed by atoms with Crippen molar-refractivity contribution < 1.29 is 14.3 Å². The third-order valence-corrected chi connectivity index (χ3v) is 7.72. The van der Waals surface area contributed by atoms with E-state index in [0.717, 1.165) is 68.7 Å². The Kier molecular flexibility index (Phi) is 6.90. The minimum Gasteiger partial charge on any atom is -0.496 e. The summed E-state index contributed by atoms with van der Waals surface area (Å²) in [6, 6.07) is 10.4. The van der Waals surface area contributed by atoms with E-state index in [2.05, 4.69) is 25.8 Å². The molecule has 3 fully saturated rings. The number of piperidine rings is 2. The highest BCUT2D eigenvalue weighted by Gasteiger charge is 2.42. The SMILES string of the molecule is COc1cccc(C(=O)N[C@H]2C[C@H]3CC[C@@H](C2)N3c2ccc(C(=O)NC3CCCNC3)cn2)c1C. The Morgan fingerprint density at radius 1 is 1.03 bits per heavy atom. The number of anilines is 1. The molecule has 2 aromatic rings. The summed E-state index contributed by atoms with van der Waals surface area (Å²) in [5.41, 5.74) is 2.13. The zero-order valence-electron chi connectivity index (χ0n) is 20.5. The molecule has 35 heavy (non-hydrogen) atoms. The molecular formula is C27H35N5O3. The number of pyridine rings is 1. The zero-order chi connectivity index (χ0) is 24.4. The van der Waals surface area contributed by atoms with Gasteiger partial charge < -0.3 is 25.6 Å². The Hall–Kier alpha value is -3.13. The minimum atomic E-state index is -0.0602. The van der Waals surface area contributed by atoms with Crippen LogP contribution in [0.2, 0.25) is 0 Å². The van der Waals surface area contributed by atoms with Crippen LogP contribution in [0, 0.1) is 6.92 Å². The number of benzene rings is 1. The highest BCUT2D eigenvalue weighted by Crippen LogP contribution is 2.38. The molecule has 8 heteroatoms. The number of ether oxygens (including phenoxy) is 1. The number of carbonyl (C=O) groups is 2. The van der Waals surface area contributed by atoms with Crippen LogP contribution in [0.5, 0.6) is 5.75 Å². The van der Waals surface area contributed by atoms with Crippen LogP contribution in [-0.4, -0.2) is 61.2 Å². The number of amides is 2. The Balaban J connectivity index is 1.20. The summed E-state index contributed by atoms with van der Waals surface area (Å²) >= 11 is 0. The number of fused-ring (bicyclic) bond motifs is 2. The molecule has 2 amide bonds. The van der Waals surface area contributed by atoms with Crippen LogP contribution in [0.25, 0.3) is 0 Å². The maximum Gasteiger partial charge on any atom is 0.253 e. The van der Waals surface area contributed by atoms with Crippen LogP contribution in [0.4, 0.5) is 5.82 Å². The Morgan fingerprint density at radius 2 is 1.80 bits per heavy atom. The van der Waals surface area contributed by atoms with Gasteiger partial charge in [0.05, 0.1) is 12.7 Å². The van der Waals surface area contributed by atoms with Gasteiger partial charge in [0.15, 0.2) is 0 Å². The molecule has 0 aliphatic carbocycles. The lowest BCUT2D eigenvalue weighted by Gasteiger charge is -2.40. The number of nitrogens with zero attached hydrogens (tertiary/aromatic N) is 2. The van der Waals surface area contributed by atoms with Crippen molar-refractivity contribution >= 4 is 17.6 Å². The van der Waals surface area contributed by atoms with Gasteiger partial charge in [0.1, 0.15) is 11.6 Å². The van der Waals surface area contributed by atoms with Crippen molar-refractivity contribution in [2.24, 2.45) is 0 Å². The first-order valence-electron chi connectivity index (χ1n) is 12.7. The van der Waals surface area contributed by atoms with E-state index in [1.165, 1.54) is 0 Å². The molecule has 0 saturated carbocycles. The van der Waals surface area contributed by atoms with E-state index in [-0.39, 0.29) is 23.9 Å². The van der Waals surface area contributed by atoms with Crippen molar-refractivity contribution in [2.75, 3.05) is 25.1 Å². The lowest BCUT2D eigenvalue weighted by Crippen LogP contribution is -2.51. The first-order valence-corrected chi connectivity index (χ1v) is 12.7. The molecule has 4 heterocycles. The fourth-order valence-corrected chi connectivity index (χ4v) is 5.93. The molecule has 1 aromatic carbocycles. The van der Waals surface area contributed by atoms with Crippen molar-refractivity contribution in [2.45, 2.75) is 69.6 Å². The molecule has 1 aromatic heterocycles. The first kappa shape index (κ1) is 23.6. The normalized spacial score (nSPS) is 25.7. The molecule has 8 nitrogen and oxygen atoms in total. The maximum absolute atomic E-state index is 13.0. The molecule has 0 spiro atoms. The molecule has 2 bridgehead atoms. The van der Waals surface area contributed by atoms with E-state index in [1.54, 1.807) is 13.3 Å². The van der Waals surface area contributed by atoms with Gasteiger partial charge in [-0.1, -0.05) is 6.07 Å². The van der Waals surface area contributed by atoms with Gasteiger partial charge in [-0.05, 0) is 76.3 Å². The number of methoxy groups -OCH3 is 1. The smallest absolute Gasteiger partial charge is 0.253 e. The van der Waals surface area contributed by atoms with Gasteiger partial charge in [0, 0.05) is 48.0 Å². The number of hydrogen-bond acceptors (Lipinski definition) is 6. The van der Waals surface area contributed by atoms with Gasteiger partial charge >= 0.3 is 0 Å². The second kappa shape index (κ2) is 10.2. The summed E-state index contributed by atoms with van der Waals surface area (Å²) < 4.78 is 5.37. The highest BCUT2D eigenvalue weighted by atomic mass is 16.5. The highest BCUT2D eigenvalue weighted by molar-refractivity contribution is 5.96. The molecule has 3 N–H and O–H groups in total. The number of aromatic nitrogens is 1. The fraction of sp³-hybridized carbons (Fsp3) is 0.519. The number of rotatable bonds is 6. The van der Waals surface area contributed by atoms with E-state index in [9.17, 15) is 9.59 Å². The monoisotopic (exact) mass is 477 g/mol. The van der Waals surface area contributed by atoms with Crippen molar-refractivity contribution in [1.82, 2.24) is 20.9 Å². The summed E-state index contributed by atoms with van der Waals surface area (Å²) in [5.74, 6) is 1.55. The summed E-state index contributed by atoms with van der Waals surface area (Å²) in [6.45, 7) is 3.76. The van der Waals surface area contributed by atoms with Gasteiger partial charge in [0.25, 0.3) is 11.8 Å². The number of hydrogen-bond donors (Lipinski definition) is 3. The number of nitrogens with one attached hydrogen (secondary N) is 3. The summed E-state index contributed by atoms with van der Waals surface area (Å²) in [5, 5.41) is 9.70. The lowest BCUT2D eigenvalue weighted by atomic mass is 9.96. The minimum absolute atomic E-state index is 0.0408. The van der Waals surface area contributed by atoms with Gasteiger partial charge in [0.2, 0.25) is 0 Å². The summed E-state index contributed by atoms with van der Waals surface area (Å²) in [6.07, 6.45) is 7.76. The molecule has 5 rings (SSSR count). The lowest BCUT2D eigenvalue weighted by molar-refractivity contribution is 0.0920. The molecular weight excluding hydrogens is 442 g/mol. The van der Waals surface area contributed by atoms with Gasteiger partial charge in [-0.3, -0.25) is 9.59 Å². The second-order valence-electron chi connectivity index (χ2n) is 9.99. The van der Waals surface area contributed by atoms with E-state index in [1.807, 2.05) is 37.3 Å². The first-order chi connectivity index (χ1) is 17.0. The van der Waals surface area contributed by atoms with Crippen molar-refractivity contribution in [1.29, 1.82) is 0 Å². The van der Waals surface area contributed by atoms with E-state index >= 15 is 0 Å². The average Bonchev–Trinajstić information content (AvgIpc) is 3.14. The van der Waals surface area contributed by atoms with Crippen molar-refractivity contribution in [3.63, 3.8) is 0 Å². The molecule has 3 saturated heterocycles. The summed E-state index contributed by atoms with van der Waals surface area (Å²) in [4.78, 5) is 32.7. The van der Waals surface area contributed by atoms with E-state index in [0.29, 0.717) is 23.2 Å².